The molecular weight excluding hydrogens is 266 g/mol. The van der Waals surface area contributed by atoms with Gasteiger partial charge in [-0.05, 0) is 32.8 Å². The second kappa shape index (κ2) is 7.46. The van der Waals surface area contributed by atoms with Crippen LogP contribution in [0.15, 0.2) is 24.3 Å². The van der Waals surface area contributed by atoms with Gasteiger partial charge in [0.1, 0.15) is 5.75 Å². The van der Waals surface area contributed by atoms with Gasteiger partial charge < -0.3 is 14.7 Å². The third kappa shape index (κ3) is 4.21. The van der Waals surface area contributed by atoms with Crippen LogP contribution in [-0.4, -0.2) is 35.1 Å². The van der Waals surface area contributed by atoms with Gasteiger partial charge in [-0.2, -0.15) is 0 Å². The third-order valence-electron chi connectivity index (χ3n) is 3.94. The molecule has 2 atom stereocenters. The number of hydrogen-bond donors (Lipinski definition) is 1. The number of ether oxygens (including phenoxy) is 1. The summed E-state index contributed by atoms with van der Waals surface area (Å²) in [5.74, 6) is 0.625. The first-order valence-corrected chi connectivity index (χ1v) is 7.82. The minimum Gasteiger partial charge on any atom is -0.481 e. The van der Waals surface area contributed by atoms with Crippen LogP contribution in [0.1, 0.15) is 51.2 Å². The molecule has 1 saturated heterocycles. The zero-order valence-corrected chi connectivity index (χ0v) is 12.9. The second-order valence-corrected chi connectivity index (χ2v) is 5.71. The molecule has 4 nitrogen and oxygen atoms in total. The van der Waals surface area contributed by atoms with Gasteiger partial charge in [0.15, 0.2) is 6.10 Å². The van der Waals surface area contributed by atoms with Crippen molar-refractivity contribution in [3.05, 3.63) is 29.8 Å². The lowest BCUT2D eigenvalue weighted by atomic mass is 10.1. The van der Waals surface area contributed by atoms with Gasteiger partial charge in [-0.15, -0.1) is 0 Å². The Morgan fingerprint density at radius 2 is 1.76 bits per heavy atom. The van der Waals surface area contributed by atoms with Gasteiger partial charge in [-0.1, -0.05) is 31.0 Å². The Balaban J connectivity index is 2.03. The van der Waals surface area contributed by atoms with Crippen LogP contribution in [0.2, 0.25) is 0 Å². The molecule has 1 aliphatic rings. The standard InChI is InChI=1S/C17H25NO3/c1-13(19)15-9-5-6-10-16(15)21-14(2)17(20)18-11-7-3-4-8-12-18/h5-6,9-10,13-14,19H,3-4,7-8,11-12H2,1-2H3/t13-,14?/m0/s1. The van der Waals surface area contributed by atoms with Crippen molar-refractivity contribution in [2.45, 2.75) is 51.7 Å². The average Bonchev–Trinajstić information content (AvgIpc) is 2.75. The van der Waals surface area contributed by atoms with E-state index in [1.165, 1.54) is 12.8 Å². The quantitative estimate of drug-likeness (QED) is 0.928. The zero-order valence-electron chi connectivity index (χ0n) is 12.9. The Bertz CT molecular complexity index is 465. The number of nitrogens with zero attached hydrogens (tertiary/aromatic N) is 1. The summed E-state index contributed by atoms with van der Waals surface area (Å²) in [6.07, 6.45) is 3.41. The average molecular weight is 291 g/mol. The topological polar surface area (TPSA) is 49.8 Å². The number of aliphatic hydroxyl groups is 1. The molecule has 1 amide bonds. The van der Waals surface area contributed by atoms with Crippen molar-refractivity contribution in [1.29, 1.82) is 0 Å². The van der Waals surface area contributed by atoms with E-state index in [2.05, 4.69) is 0 Å². The van der Waals surface area contributed by atoms with Gasteiger partial charge in [0.25, 0.3) is 5.91 Å². The SMILES string of the molecule is CC(Oc1ccccc1[C@H](C)O)C(=O)N1CCCCCC1. The van der Waals surface area contributed by atoms with Crippen molar-refractivity contribution < 1.29 is 14.6 Å². The van der Waals surface area contributed by atoms with Crippen LogP contribution < -0.4 is 4.74 Å². The van der Waals surface area contributed by atoms with Crippen LogP contribution in [0.25, 0.3) is 0 Å². The highest BCUT2D eigenvalue weighted by Gasteiger charge is 2.23. The maximum Gasteiger partial charge on any atom is 0.263 e. The molecule has 0 bridgehead atoms. The first kappa shape index (κ1) is 15.8. The molecule has 4 heteroatoms. The van der Waals surface area contributed by atoms with Gasteiger partial charge in [0.05, 0.1) is 6.10 Å². The number of aliphatic hydroxyl groups excluding tert-OH is 1. The van der Waals surface area contributed by atoms with Gasteiger partial charge in [0.2, 0.25) is 0 Å². The van der Waals surface area contributed by atoms with Crippen molar-refractivity contribution in [2.75, 3.05) is 13.1 Å². The summed E-state index contributed by atoms with van der Waals surface area (Å²) in [7, 11) is 0. The summed E-state index contributed by atoms with van der Waals surface area (Å²) in [5, 5.41) is 9.77. The highest BCUT2D eigenvalue weighted by atomic mass is 16.5. The van der Waals surface area contributed by atoms with Crippen molar-refractivity contribution in [1.82, 2.24) is 4.90 Å². The molecule has 1 aromatic rings. The highest BCUT2D eigenvalue weighted by Crippen LogP contribution is 2.26. The number of carbonyl (C=O) groups is 1. The van der Waals surface area contributed by atoms with Crippen LogP contribution in [0.5, 0.6) is 5.75 Å². The van der Waals surface area contributed by atoms with Gasteiger partial charge in [-0.3, -0.25) is 4.79 Å². The van der Waals surface area contributed by atoms with Crippen molar-refractivity contribution >= 4 is 5.91 Å². The van der Waals surface area contributed by atoms with Gasteiger partial charge >= 0.3 is 0 Å². The van der Waals surface area contributed by atoms with E-state index < -0.39 is 12.2 Å². The van der Waals surface area contributed by atoms with Crippen LogP contribution >= 0.6 is 0 Å². The number of hydrogen-bond acceptors (Lipinski definition) is 3. The van der Waals surface area contributed by atoms with E-state index in [9.17, 15) is 9.90 Å². The molecule has 1 fully saturated rings. The lowest BCUT2D eigenvalue weighted by Crippen LogP contribution is -2.41. The first-order valence-electron chi connectivity index (χ1n) is 7.82. The van der Waals surface area contributed by atoms with Crippen molar-refractivity contribution in [3.63, 3.8) is 0 Å². The molecule has 0 spiro atoms. The van der Waals surface area contributed by atoms with Crippen molar-refractivity contribution in [2.24, 2.45) is 0 Å². The number of rotatable bonds is 4. The number of amides is 1. The van der Waals surface area contributed by atoms with Gasteiger partial charge in [0, 0.05) is 18.7 Å². The van der Waals surface area contributed by atoms with Gasteiger partial charge in [-0.25, -0.2) is 0 Å². The molecule has 0 radical (unpaired) electrons. The Labute approximate surface area is 126 Å². The molecule has 1 unspecified atom stereocenters. The number of carbonyl (C=O) groups excluding carboxylic acids is 1. The lowest BCUT2D eigenvalue weighted by Gasteiger charge is -2.25. The van der Waals surface area contributed by atoms with Crippen LogP contribution in [0, 0.1) is 0 Å². The normalized spacial score (nSPS) is 18.7. The van der Waals surface area contributed by atoms with E-state index in [0.717, 1.165) is 25.9 Å². The summed E-state index contributed by atoms with van der Waals surface area (Å²) >= 11 is 0. The maximum atomic E-state index is 12.5. The summed E-state index contributed by atoms with van der Waals surface area (Å²) in [4.78, 5) is 14.4. The lowest BCUT2D eigenvalue weighted by molar-refractivity contribution is -0.137. The molecule has 1 aliphatic heterocycles. The van der Waals surface area contributed by atoms with E-state index in [-0.39, 0.29) is 5.91 Å². The largest absolute Gasteiger partial charge is 0.481 e. The van der Waals surface area contributed by atoms with E-state index in [4.69, 9.17) is 4.74 Å². The summed E-state index contributed by atoms with van der Waals surface area (Å²) in [6.45, 7) is 5.13. The maximum absolute atomic E-state index is 12.5. The number of likely N-dealkylation sites (tertiary alicyclic amines) is 1. The minimum absolute atomic E-state index is 0.0392. The van der Waals surface area contributed by atoms with E-state index >= 15 is 0 Å². The number of benzene rings is 1. The van der Waals surface area contributed by atoms with E-state index in [0.29, 0.717) is 11.3 Å². The molecule has 116 valence electrons. The predicted molar refractivity (Wildman–Crippen MR) is 82.2 cm³/mol. The molecule has 0 aliphatic carbocycles. The Morgan fingerprint density at radius 1 is 1.14 bits per heavy atom. The Kier molecular flexibility index (Phi) is 5.62. The molecular formula is C17H25NO3. The molecule has 1 heterocycles. The summed E-state index contributed by atoms with van der Waals surface area (Å²) in [5.41, 5.74) is 0.716. The van der Waals surface area contributed by atoms with Crippen LogP contribution in [-0.2, 0) is 4.79 Å². The molecule has 1 N–H and O–H groups in total. The van der Waals surface area contributed by atoms with E-state index in [1.807, 2.05) is 23.1 Å². The summed E-state index contributed by atoms with van der Waals surface area (Å²) in [6, 6.07) is 7.33. The molecule has 0 saturated carbocycles. The minimum atomic E-state index is -0.610. The second-order valence-electron chi connectivity index (χ2n) is 5.71. The fourth-order valence-corrected chi connectivity index (χ4v) is 2.72. The monoisotopic (exact) mass is 291 g/mol. The number of para-hydroxylation sites is 1. The Hall–Kier alpha value is -1.55. The fraction of sp³-hybridized carbons (Fsp3) is 0.588. The van der Waals surface area contributed by atoms with E-state index in [1.54, 1.807) is 19.9 Å². The van der Waals surface area contributed by atoms with Crippen LogP contribution in [0.4, 0.5) is 0 Å². The third-order valence-corrected chi connectivity index (χ3v) is 3.94. The highest BCUT2D eigenvalue weighted by molar-refractivity contribution is 5.81. The van der Waals surface area contributed by atoms with Crippen LogP contribution in [0.3, 0.4) is 0 Å². The zero-order chi connectivity index (χ0) is 15.2. The molecule has 21 heavy (non-hydrogen) atoms. The molecule has 2 rings (SSSR count). The summed E-state index contributed by atoms with van der Waals surface area (Å²) < 4.78 is 5.81. The van der Waals surface area contributed by atoms with Crippen molar-refractivity contribution in [3.8, 4) is 5.75 Å². The fourth-order valence-electron chi connectivity index (χ4n) is 2.72. The smallest absolute Gasteiger partial charge is 0.263 e. The Morgan fingerprint density at radius 3 is 2.38 bits per heavy atom. The molecule has 1 aromatic carbocycles. The predicted octanol–water partition coefficient (Wildman–Crippen LogP) is 2.91. The molecule has 0 aromatic heterocycles. The first-order chi connectivity index (χ1) is 10.1.